The standard InChI is InChI=1S/C25H39N5.C10H18N2.C7H5N.C2H6/c1-11-20(3)13-14-22(5)27(9)17-18-28(10)23(6)15-16-24(7)29-19-26-30(25(29)8)21(4)12-2;11-6-5-10(8-12)7-9-3-1-2-4-9;8-6-7-4-2-1-3-5-7;1-2/h13-16,19,21H,3,5-8,11-12,17-18H2,1-2,4,9-10H3;5-6,8-9H,1-4,7,11-12H2;1-5H;1-2H3/b14-13-,16-15-;6-5-,10-8+;;. The topological polar surface area (TPSA) is 101 Å². The van der Waals surface area contributed by atoms with Gasteiger partial charge in [0, 0.05) is 44.3 Å². The fraction of sp³-hybridized carbons (Fsp3) is 0.409. The molecule has 0 saturated heterocycles. The molecule has 1 aliphatic heterocycles. The van der Waals surface area contributed by atoms with Crippen LogP contribution in [0.25, 0.3) is 0 Å². The summed E-state index contributed by atoms with van der Waals surface area (Å²) in [5.41, 5.74) is 16.4. The number of nitrogens with zero attached hydrogens (tertiary/aromatic N) is 6. The smallest absolute Gasteiger partial charge is 0.128 e. The predicted molar refractivity (Wildman–Crippen MR) is 226 cm³/mol. The Balaban J connectivity index is 0.000000951. The first-order valence-corrected chi connectivity index (χ1v) is 18.5. The molecule has 1 saturated carbocycles. The van der Waals surface area contributed by atoms with Gasteiger partial charge >= 0.3 is 0 Å². The second kappa shape index (κ2) is 27.5. The first-order valence-electron chi connectivity index (χ1n) is 18.5. The number of nitriles is 1. The van der Waals surface area contributed by atoms with E-state index in [0.29, 0.717) is 11.6 Å². The summed E-state index contributed by atoms with van der Waals surface area (Å²) in [7, 11) is 4.07. The highest BCUT2D eigenvalue weighted by molar-refractivity contribution is 5.64. The van der Waals surface area contributed by atoms with Gasteiger partial charge in [0.2, 0.25) is 0 Å². The van der Waals surface area contributed by atoms with E-state index in [0.717, 1.165) is 66.8 Å². The lowest BCUT2D eigenvalue weighted by Crippen LogP contribution is -2.29. The van der Waals surface area contributed by atoms with E-state index in [4.69, 9.17) is 16.7 Å². The molecule has 8 nitrogen and oxygen atoms in total. The van der Waals surface area contributed by atoms with E-state index in [2.05, 4.69) is 68.6 Å². The highest BCUT2D eigenvalue weighted by Gasteiger charge is 2.24. The van der Waals surface area contributed by atoms with Crippen LogP contribution in [0.2, 0.25) is 0 Å². The summed E-state index contributed by atoms with van der Waals surface area (Å²) in [6.07, 6.45) is 23.4. The molecule has 0 radical (unpaired) electrons. The average molecular weight is 709 g/mol. The van der Waals surface area contributed by atoms with Crippen molar-refractivity contribution in [1.29, 1.82) is 5.26 Å². The van der Waals surface area contributed by atoms with Crippen molar-refractivity contribution in [3.63, 3.8) is 0 Å². The number of allylic oxidation sites excluding steroid dienone is 7. The minimum absolute atomic E-state index is 0.304. The maximum atomic E-state index is 8.29. The Labute approximate surface area is 317 Å². The first-order chi connectivity index (χ1) is 24.9. The number of benzene rings is 1. The molecule has 1 aromatic rings. The van der Waals surface area contributed by atoms with E-state index in [9.17, 15) is 0 Å². The molecule has 8 heteroatoms. The minimum atomic E-state index is 0.304. The van der Waals surface area contributed by atoms with Crippen molar-refractivity contribution >= 4 is 6.34 Å². The van der Waals surface area contributed by atoms with Gasteiger partial charge in [-0.2, -0.15) is 10.4 Å². The van der Waals surface area contributed by atoms with E-state index in [1.165, 1.54) is 31.3 Å². The zero-order valence-corrected chi connectivity index (χ0v) is 33.4. The normalized spacial score (nSPS) is 14.6. The fourth-order valence-electron chi connectivity index (χ4n) is 4.95. The molecule has 3 rings (SSSR count). The molecular formula is C44H68N8. The molecular weight excluding hydrogens is 641 g/mol. The van der Waals surface area contributed by atoms with Crippen molar-refractivity contribution in [2.24, 2.45) is 22.5 Å². The van der Waals surface area contributed by atoms with Gasteiger partial charge in [-0.3, -0.25) is 4.90 Å². The molecule has 284 valence electrons. The maximum Gasteiger partial charge on any atom is 0.128 e. The molecule has 1 aromatic carbocycles. The largest absolute Gasteiger partial charge is 0.405 e. The summed E-state index contributed by atoms with van der Waals surface area (Å²) in [6, 6.07) is 11.5. The van der Waals surface area contributed by atoms with Crippen LogP contribution in [0.5, 0.6) is 0 Å². The first kappa shape index (κ1) is 46.8. The Morgan fingerprint density at radius 2 is 1.50 bits per heavy atom. The van der Waals surface area contributed by atoms with Crippen molar-refractivity contribution in [3.8, 4) is 6.07 Å². The van der Waals surface area contributed by atoms with Gasteiger partial charge in [0.1, 0.15) is 12.2 Å². The van der Waals surface area contributed by atoms with Crippen LogP contribution in [0.4, 0.5) is 0 Å². The summed E-state index contributed by atoms with van der Waals surface area (Å²) < 4.78 is 0. The predicted octanol–water partition coefficient (Wildman–Crippen LogP) is 9.77. The molecule has 1 unspecified atom stereocenters. The minimum Gasteiger partial charge on any atom is -0.405 e. The summed E-state index contributed by atoms with van der Waals surface area (Å²) in [5.74, 6) is 1.66. The second-order valence-electron chi connectivity index (χ2n) is 12.5. The summed E-state index contributed by atoms with van der Waals surface area (Å²) in [5, 5.41) is 14.6. The van der Waals surface area contributed by atoms with Gasteiger partial charge in [0.15, 0.2) is 0 Å². The summed E-state index contributed by atoms with van der Waals surface area (Å²) >= 11 is 0. The second-order valence-corrected chi connectivity index (χ2v) is 12.5. The Morgan fingerprint density at radius 1 is 0.942 bits per heavy atom. The summed E-state index contributed by atoms with van der Waals surface area (Å²) in [6.45, 7) is 32.6. The SMILES string of the molecule is C=C(/C=C\C(=C)N(C)CCN(C)C(=C)/C=C\C(=C)N1C=NN(C(C)CC)C1=C)CC.CC.N#Cc1ccccc1.N/C=C\C(=C/N)CC1CCCC1. The summed E-state index contributed by atoms with van der Waals surface area (Å²) in [4.78, 5) is 6.13. The molecule has 2 aliphatic rings. The van der Waals surface area contributed by atoms with Crippen molar-refractivity contribution in [2.45, 2.75) is 85.6 Å². The molecule has 0 bridgehead atoms. The maximum absolute atomic E-state index is 8.29. The van der Waals surface area contributed by atoms with E-state index >= 15 is 0 Å². The van der Waals surface area contributed by atoms with E-state index in [1.54, 1.807) is 30.9 Å². The lowest BCUT2D eigenvalue weighted by Gasteiger charge is -2.26. The van der Waals surface area contributed by atoms with E-state index in [-0.39, 0.29) is 0 Å². The van der Waals surface area contributed by atoms with Crippen LogP contribution in [0.3, 0.4) is 0 Å². The van der Waals surface area contributed by atoms with Crippen LogP contribution in [-0.4, -0.2) is 59.3 Å². The monoisotopic (exact) mass is 709 g/mol. The average Bonchev–Trinajstić information content (AvgIpc) is 3.85. The Bertz CT molecular complexity index is 1430. The number of rotatable bonds is 16. The van der Waals surface area contributed by atoms with Crippen LogP contribution < -0.4 is 11.5 Å². The van der Waals surface area contributed by atoms with Crippen molar-refractivity contribution in [1.82, 2.24) is 19.7 Å². The molecule has 0 spiro atoms. The highest BCUT2D eigenvalue weighted by Crippen LogP contribution is 2.30. The quantitative estimate of drug-likeness (QED) is 0.165. The molecule has 1 atom stereocenters. The van der Waals surface area contributed by atoms with Crippen LogP contribution in [0.1, 0.15) is 85.1 Å². The number of likely N-dealkylation sites (N-methyl/N-ethyl adjacent to an activating group) is 2. The van der Waals surface area contributed by atoms with Gasteiger partial charge in [0.25, 0.3) is 0 Å². The third kappa shape index (κ3) is 18.2. The molecule has 4 N–H and O–H groups in total. The van der Waals surface area contributed by atoms with Gasteiger partial charge < -0.3 is 21.3 Å². The van der Waals surface area contributed by atoms with Crippen molar-refractivity contribution < 1.29 is 0 Å². The van der Waals surface area contributed by atoms with Gasteiger partial charge in [0.05, 0.1) is 17.7 Å². The van der Waals surface area contributed by atoms with Crippen LogP contribution in [0, 0.1) is 17.2 Å². The Hall–Kier alpha value is -5.16. The number of nitrogens with two attached hydrogens (primary N) is 2. The lowest BCUT2D eigenvalue weighted by atomic mass is 9.98. The van der Waals surface area contributed by atoms with Gasteiger partial charge in [-0.1, -0.05) is 116 Å². The number of hydrazone groups is 1. The number of hydrogen-bond acceptors (Lipinski definition) is 8. The Morgan fingerprint density at radius 3 is 1.96 bits per heavy atom. The van der Waals surface area contributed by atoms with Gasteiger partial charge in [-0.15, -0.1) is 0 Å². The zero-order chi connectivity index (χ0) is 39.5. The van der Waals surface area contributed by atoms with E-state index in [1.807, 2.05) is 92.5 Å². The molecule has 0 aromatic heterocycles. The third-order valence-electron chi connectivity index (χ3n) is 8.76. The lowest BCUT2D eigenvalue weighted by molar-refractivity contribution is 0.260. The zero-order valence-electron chi connectivity index (χ0n) is 33.4. The molecule has 1 aliphatic carbocycles. The molecule has 1 heterocycles. The van der Waals surface area contributed by atoms with Crippen molar-refractivity contribution in [3.05, 3.63) is 146 Å². The third-order valence-corrected chi connectivity index (χ3v) is 8.76. The van der Waals surface area contributed by atoms with E-state index < -0.39 is 0 Å². The van der Waals surface area contributed by atoms with Gasteiger partial charge in [-0.25, -0.2) is 5.01 Å². The number of hydrogen-bond donors (Lipinski definition) is 2. The highest BCUT2D eigenvalue weighted by atomic mass is 15.6. The van der Waals surface area contributed by atoms with Crippen molar-refractivity contribution in [2.75, 3.05) is 27.2 Å². The Kier molecular flexibility index (Phi) is 24.8. The fourth-order valence-corrected chi connectivity index (χ4v) is 4.95. The van der Waals surface area contributed by atoms with Crippen LogP contribution >= 0.6 is 0 Å². The molecule has 1 fully saturated rings. The molecule has 52 heavy (non-hydrogen) atoms. The molecule has 0 amide bonds. The van der Waals surface area contributed by atoms with Crippen LogP contribution in [0.15, 0.2) is 145 Å². The van der Waals surface area contributed by atoms with Crippen LogP contribution in [-0.2, 0) is 0 Å². The van der Waals surface area contributed by atoms with Gasteiger partial charge in [-0.05, 0) is 86.5 Å².